The lowest BCUT2D eigenvalue weighted by Crippen LogP contribution is -2.42. The first-order valence-corrected chi connectivity index (χ1v) is 11.7. The fourth-order valence-electron chi connectivity index (χ4n) is 5.26. The lowest BCUT2D eigenvalue weighted by atomic mass is 9.78. The fraction of sp³-hybridized carbons (Fsp3) is 0.462. The Hall–Kier alpha value is -3.06. The largest absolute Gasteiger partial charge is 0.497 e. The lowest BCUT2D eigenvalue weighted by Gasteiger charge is -2.35. The van der Waals surface area contributed by atoms with Crippen LogP contribution in [0.3, 0.4) is 0 Å². The Labute approximate surface area is 195 Å². The van der Waals surface area contributed by atoms with Crippen molar-refractivity contribution in [3.8, 4) is 11.5 Å². The summed E-state index contributed by atoms with van der Waals surface area (Å²) in [7, 11) is 1.65. The van der Waals surface area contributed by atoms with Crippen LogP contribution in [0, 0.1) is 25.7 Å². The van der Waals surface area contributed by atoms with Crippen LogP contribution in [0.4, 0.5) is 5.82 Å². The van der Waals surface area contributed by atoms with Gasteiger partial charge in [0, 0.05) is 31.0 Å². The van der Waals surface area contributed by atoms with E-state index in [0.717, 1.165) is 66.7 Å². The molecule has 3 heterocycles. The monoisotopic (exact) mass is 448 g/mol. The third-order valence-corrected chi connectivity index (χ3v) is 6.98. The van der Waals surface area contributed by atoms with E-state index >= 15 is 0 Å². The molecule has 33 heavy (non-hydrogen) atoms. The molecule has 0 radical (unpaired) electrons. The minimum atomic E-state index is -0.464. The zero-order valence-electron chi connectivity index (χ0n) is 19.5. The molecular weight excluding hydrogens is 416 g/mol. The zero-order valence-corrected chi connectivity index (χ0v) is 19.5. The predicted octanol–water partition coefficient (Wildman–Crippen LogP) is 3.61. The predicted molar refractivity (Wildman–Crippen MR) is 127 cm³/mol. The normalized spacial score (nSPS) is 24.5. The van der Waals surface area contributed by atoms with Gasteiger partial charge in [-0.3, -0.25) is 4.68 Å². The van der Waals surface area contributed by atoms with E-state index in [9.17, 15) is 5.11 Å². The standard InChI is InChI=1S/C26H32N4O3/c1-17-9-18(2)30(28-17)14-19-7-8-26(27-13-19)29-15-20-10-24(31)25(11-21(20)16-29)33-23-6-4-5-22(12-23)32-3/h4-9,12-13,20-21,24-25,31H,10-11,14-16H2,1-3H3/t20-,21+,24+,25+/m0/s1. The van der Waals surface area contributed by atoms with E-state index in [2.05, 4.69) is 35.1 Å². The van der Waals surface area contributed by atoms with E-state index in [4.69, 9.17) is 14.5 Å². The van der Waals surface area contributed by atoms with Gasteiger partial charge in [-0.15, -0.1) is 0 Å². The van der Waals surface area contributed by atoms with Crippen molar-refractivity contribution < 1.29 is 14.6 Å². The van der Waals surface area contributed by atoms with E-state index in [1.165, 1.54) is 0 Å². The number of fused-ring (bicyclic) bond motifs is 1. The average molecular weight is 449 g/mol. The highest BCUT2D eigenvalue weighted by Gasteiger charge is 2.43. The lowest BCUT2D eigenvalue weighted by molar-refractivity contribution is -0.0232. The summed E-state index contributed by atoms with van der Waals surface area (Å²) in [5, 5.41) is 15.3. The smallest absolute Gasteiger partial charge is 0.128 e. The second-order valence-electron chi connectivity index (χ2n) is 9.41. The first-order valence-electron chi connectivity index (χ1n) is 11.7. The Morgan fingerprint density at radius 2 is 1.82 bits per heavy atom. The van der Waals surface area contributed by atoms with Crippen LogP contribution < -0.4 is 14.4 Å². The molecule has 1 aliphatic carbocycles. The summed E-state index contributed by atoms with van der Waals surface area (Å²) < 4.78 is 13.5. The Balaban J connectivity index is 1.22. The van der Waals surface area contributed by atoms with Gasteiger partial charge in [0.05, 0.1) is 25.5 Å². The molecular formula is C26H32N4O3. The van der Waals surface area contributed by atoms with Gasteiger partial charge >= 0.3 is 0 Å². The zero-order chi connectivity index (χ0) is 22.9. The number of hydrogen-bond donors (Lipinski definition) is 1. The number of anilines is 1. The van der Waals surface area contributed by atoms with Crippen LogP contribution >= 0.6 is 0 Å². The highest BCUT2D eigenvalue weighted by Crippen LogP contribution is 2.39. The van der Waals surface area contributed by atoms with Crippen molar-refractivity contribution >= 4 is 5.82 Å². The number of benzene rings is 1. The number of aromatic nitrogens is 3. The van der Waals surface area contributed by atoms with Crippen LogP contribution in [-0.4, -0.2) is 52.3 Å². The van der Waals surface area contributed by atoms with Crippen molar-refractivity contribution in [3.63, 3.8) is 0 Å². The quantitative estimate of drug-likeness (QED) is 0.621. The van der Waals surface area contributed by atoms with Crippen LogP contribution in [0.1, 0.15) is 29.8 Å². The Morgan fingerprint density at radius 3 is 2.52 bits per heavy atom. The molecule has 2 aromatic heterocycles. The molecule has 0 unspecified atom stereocenters. The molecule has 5 rings (SSSR count). The Bertz CT molecular complexity index is 1100. The molecule has 0 amide bonds. The molecule has 0 bridgehead atoms. The Morgan fingerprint density at radius 1 is 1.03 bits per heavy atom. The molecule has 1 aliphatic heterocycles. The summed E-state index contributed by atoms with van der Waals surface area (Å²) in [6.07, 6.45) is 2.89. The van der Waals surface area contributed by atoms with Gasteiger partial charge in [0.2, 0.25) is 0 Å². The van der Waals surface area contributed by atoms with Crippen LogP contribution in [0.25, 0.3) is 0 Å². The number of rotatable bonds is 6. The molecule has 7 nitrogen and oxygen atoms in total. The second kappa shape index (κ2) is 9.06. The van der Waals surface area contributed by atoms with Crippen molar-refractivity contribution in [1.29, 1.82) is 0 Å². The van der Waals surface area contributed by atoms with Gasteiger partial charge in [0.1, 0.15) is 23.4 Å². The first kappa shape index (κ1) is 21.8. The SMILES string of the molecule is COc1cccc(O[C@@H]2C[C@@H]3CN(c4ccc(Cn5nc(C)cc5C)cn4)C[C@@H]3C[C@H]2O)c1. The van der Waals surface area contributed by atoms with Gasteiger partial charge in [-0.05, 0) is 68.4 Å². The third kappa shape index (κ3) is 4.69. The van der Waals surface area contributed by atoms with Crippen molar-refractivity contribution in [2.75, 3.05) is 25.1 Å². The van der Waals surface area contributed by atoms with Gasteiger partial charge in [0.15, 0.2) is 0 Å². The molecule has 1 saturated carbocycles. The maximum Gasteiger partial charge on any atom is 0.128 e. The summed E-state index contributed by atoms with van der Waals surface area (Å²) in [6, 6.07) is 13.9. The summed E-state index contributed by atoms with van der Waals surface area (Å²) >= 11 is 0. The number of ether oxygens (including phenoxy) is 2. The van der Waals surface area contributed by atoms with Crippen molar-refractivity contribution in [2.45, 2.75) is 45.4 Å². The summed E-state index contributed by atoms with van der Waals surface area (Å²) in [5.74, 6) is 3.45. The average Bonchev–Trinajstić information content (AvgIpc) is 3.36. The van der Waals surface area contributed by atoms with Crippen molar-refractivity contribution in [2.24, 2.45) is 11.8 Å². The molecule has 1 saturated heterocycles. The maximum atomic E-state index is 10.8. The highest BCUT2D eigenvalue weighted by atomic mass is 16.5. The van der Waals surface area contributed by atoms with E-state index in [0.29, 0.717) is 11.8 Å². The van der Waals surface area contributed by atoms with E-state index < -0.39 is 6.10 Å². The van der Waals surface area contributed by atoms with Gasteiger partial charge < -0.3 is 19.5 Å². The molecule has 4 atom stereocenters. The molecule has 174 valence electrons. The van der Waals surface area contributed by atoms with Crippen LogP contribution in [0.2, 0.25) is 0 Å². The fourth-order valence-corrected chi connectivity index (χ4v) is 5.26. The van der Waals surface area contributed by atoms with Crippen LogP contribution in [0.5, 0.6) is 11.5 Å². The second-order valence-corrected chi connectivity index (χ2v) is 9.41. The summed E-state index contributed by atoms with van der Waals surface area (Å²) in [6.45, 7) is 6.69. The molecule has 2 aliphatic rings. The maximum absolute atomic E-state index is 10.8. The van der Waals surface area contributed by atoms with E-state index in [1.807, 2.05) is 42.1 Å². The minimum absolute atomic E-state index is 0.200. The van der Waals surface area contributed by atoms with Gasteiger partial charge in [-0.2, -0.15) is 5.10 Å². The first-order chi connectivity index (χ1) is 16.0. The number of aliphatic hydroxyl groups excluding tert-OH is 1. The number of aryl methyl sites for hydroxylation is 2. The summed E-state index contributed by atoms with van der Waals surface area (Å²) in [4.78, 5) is 7.10. The number of nitrogens with zero attached hydrogens (tertiary/aromatic N) is 4. The number of aliphatic hydroxyl groups is 1. The van der Waals surface area contributed by atoms with Gasteiger partial charge in [0.25, 0.3) is 0 Å². The Kier molecular flexibility index (Phi) is 5.98. The topological polar surface area (TPSA) is 72.6 Å². The third-order valence-electron chi connectivity index (χ3n) is 6.98. The van der Waals surface area contributed by atoms with Crippen LogP contribution in [-0.2, 0) is 6.54 Å². The van der Waals surface area contributed by atoms with Crippen molar-refractivity contribution in [1.82, 2.24) is 14.8 Å². The molecule has 1 N–H and O–H groups in total. The molecule has 7 heteroatoms. The molecule has 0 spiro atoms. The number of methoxy groups -OCH3 is 1. The summed E-state index contributed by atoms with van der Waals surface area (Å²) in [5.41, 5.74) is 3.33. The van der Waals surface area contributed by atoms with E-state index in [-0.39, 0.29) is 6.10 Å². The number of hydrogen-bond acceptors (Lipinski definition) is 6. The number of pyridine rings is 1. The molecule has 1 aromatic carbocycles. The van der Waals surface area contributed by atoms with Crippen LogP contribution in [0.15, 0.2) is 48.7 Å². The van der Waals surface area contributed by atoms with E-state index in [1.54, 1.807) is 7.11 Å². The minimum Gasteiger partial charge on any atom is -0.497 e. The highest BCUT2D eigenvalue weighted by molar-refractivity contribution is 5.41. The van der Waals surface area contributed by atoms with Gasteiger partial charge in [-0.25, -0.2) is 4.98 Å². The molecule has 3 aromatic rings. The van der Waals surface area contributed by atoms with Gasteiger partial charge in [-0.1, -0.05) is 12.1 Å². The van der Waals surface area contributed by atoms with Crippen molar-refractivity contribution in [3.05, 3.63) is 65.6 Å². The molecule has 2 fully saturated rings.